The number of nitrogens with zero attached hydrogens (tertiary/aromatic N) is 5. The van der Waals surface area contributed by atoms with Crippen molar-refractivity contribution >= 4 is 35.5 Å². The zero-order valence-electron chi connectivity index (χ0n) is 23.5. The summed E-state index contributed by atoms with van der Waals surface area (Å²) in [6, 6.07) is 10.3. The number of aliphatic imine (C=N–C) groups is 2. The van der Waals surface area contributed by atoms with E-state index in [1.165, 1.54) is 9.80 Å². The van der Waals surface area contributed by atoms with E-state index < -0.39 is 47.4 Å². The number of nitrogens with two attached hydrogens (primary N) is 2. The molecule has 0 bridgehead atoms. The third kappa shape index (κ3) is 3.47. The zero-order valence-corrected chi connectivity index (χ0v) is 23.5. The van der Waals surface area contributed by atoms with Gasteiger partial charge in [-0.25, -0.2) is 14.8 Å². The number of benzene rings is 2. The van der Waals surface area contributed by atoms with E-state index in [9.17, 15) is 24.6 Å². The molecule has 2 spiro atoms. The first-order valence-electron chi connectivity index (χ1n) is 14.5. The number of nitrogens with one attached hydrogen (secondary N) is 2. The van der Waals surface area contributed by atoms with Crippen LogP contribution in [0.15, 0.2) is 58.5 Å². The van der Waals surface area contributed by atoms with Gasteiger partial charge < -0.3 is 42.0 Å². The molecule has 5 heterocycles. The van der Waals surface area contributed by atoms with Crippen molar-refractivity contribution in [2.24, 2.45) is 21.5 Å². The summed E-state index contributed by atoms with van der Waals surface area (Å²) in [5.41, 5.74) is 12.5. The van der Waals surface area contributed by atoms with Gasteiger partial charge in [0.05, 0.1) is 24.8 Å². The van der Waals surface area contributed by atoms with Crippen LogP contribution in [-0.4, -0.2) is 106 Å². The van der Waals surface area contributed by atoms with Crippen LogP contribution < -0.4 is 31.7 Å². The fourth-order valence-electron chi connectivity index (χ4n) is 7.33. The topological polar surface area (TPSA) is 211 Å². The number of imide groups is 1. The molecule has 0 aromatic heterocycles. The molecule has 5 aliphatic heterocycles. The maximum absolute atomic E-state index is 13.6. The van der Waals surface area contributed by atoms with E-state index in [1.807, 2.05) is 6.07 Å². The lowest BCUT2D eigenvalue weighted by molar-refractivity contribution is -0.230. The number of hydrogen-bond acceptors (Lipinski definition) is 12. The van der Waals surface area contributed by atoms with E-state index in [4.69, 9.17) is 16.2 Å². The number of hydrogen-bond donors (Lipinski definition) is 6. The lowest BCUT2D eigenvalue weighted by Gasteiger charge is -2.49. The van der Waals surface area contributed by atoms with Gasteiger partial charge in [0.25, 0.3) is 11.8 Å². The normalized spacial score (nSPS) is 30.3. The van der Waals surface area contributed by atoms with Gasteiger partial charge in [0.2, 0.25) is 5.79 Å². The van der Waals surface area contributed by atoms with Crippen LogP contribution in [0.4, 0.5) is 10.5 Å². The summed E-state index contributed by atoms with van der Waals surface area (Å²) < 4.78 is 5.92. The van der Waals surface area contributed by atoms with Crippen molar-refractivity contribution in [3.05, 3.63) is 59.7 Å². The Balaban J connectivity index is 1.07. The Hall–Kier alpha value is -4.89. The molecule has 2 saturated heterocycles. The van der Waals surface area contributed by atoms with E-state index in [-0.39, 0.29) is 37.0 Å². The third-order valence-electron chi connectivity index (χ3n) is 9.78. The van der Waals surface area contributed by atoms with Gasteiger partial charge in [-0.05, 0) is 31.0 Å². The van der Waals surface area contributed by atoms with Crippen molar-refractivity contribution in [3.63, 3.8) is 0 Å². The Morgan fingerprint density at radius 2 is 1.86 bits per heavy atom. The summed E-state index contributed by atoms with van der Waals surface area (Å²) in [5.74, 6) is -3.36. The van der Waals surface area contributed by atoms with E-state index in [1.54, 1.807) is 42.5 Å². The van der Waals surface area contributed by atoms with Crippen LogP contribution >= 0.6 is 0 Å². The predicted molar refractivity (Wildman–Crippen MR) is 156 cm³/mol. The number of fused-ring (bicyclic) bond motifs is 2. The molecular formula is C29H31N9O6. The molecule has 8 rings (SSSR count). The molecule has 228 valence electrons. The fourth-order valence-corrected chi connectivity index (χ4v) is 7.33. The molecule has 2 unspecified atom stereocenters. The van der Waals surface area contributed by atoms with Crippen molar-refractivity contribution in [3.8, 4) is 5.75 Å². The van der Waals surface area contributed by atoms with Gasteiger partial charge in [-0.3, -0.25) is 19.4 Å². The maximum atomic E-state index is 13.6. The number of anilines is 1. The lowest BCUT2D eigenvalue weighted by atomic mass is 9.84. The number of amides is 4. The van der Waals surface area contributed by atoms with Crippen molar-refractivity contribution in [2.45, 2.75) is 47.8 Å². The van der Waals surface area contributed by atoms with Crippen molar-refractivity contribution in [1.29, 1.82) is 0 Å². The molecule has 2 aromatic rings. The van der Waals surface area contributed by atoms with Gasteiger partial charge in [0.1, 0.15) is 24.4 Å². The van der Waals surface area contributed by atoms with Gasteiger partial charge in [0.15, 0.2) is 17.6 Å². The molecule has 1 aliphatic carbocycles. The highest BCUT2D eigenvalue weighted by Crippen LogP contribution is 2.56. The van der Waals surface area contributed by atoms with E-state index in [2.05, 4.69) is 20.6 Å². The van der Waals surface area contributed by atoms with E-state index in [0.29, 0.717) is 23.6 Å². The maximum Gasteiger partial charge on any atom is 0.331 e. The minimum atomic E-state index is -2.68. The van der Waals surface area contributed by atoms with Crippen LogP contribution in [0.1, 0.15) is 28.8 Å². The third-order valence-corrected chi connectivity index (χ3v) is 9.78. The van der Waals surface area contributed by atoms with Crippen molar-refractivity contribution in [1.82, 2.24) is 20.4 Å². The number of para-hydroxylation sites is 2. The summed E-state index contributed by atoms with van der Waals surface area (Å²) in [5, 5.41) is 29.3. The van der Waals surface area contributed by atoms with E-state index in [0.717, 1.165) is 23.3 Å². The number of carbonyl (C=O) groups excluding carboxylic acids is 3. The number of urea groups is 1. The molecule has 15 heteroatoms. The molecule has 0 radical (unpaired) electrons. The van der Waals surface area contributed by atoms with Crippen LogP contribution in [0.25, 0.3) is 0 Å². The molecule has 8 N–H and O–H groups in total. The number of carbonyl (C=O) groups is 3. The minimum absolute atomic E-state index is 0.0394. The highest BCUT2D eigenvalue weighted by atomic mass is 16.5. The zero-order chi connectivity index (χ0) is 30.6. The van der Waals surface area contributed by atoms with Crippen molar-refractivity contribution in [2.75, 3.05) is 31.1 Å². The Morgan fingerprint density at radius 1 is 1.09 bits per heavy atom. The Kier molecular flexibility index (Phi) is 5.36. The number of guanidine groups is 2. The Labute approximate surface area is 251 Å². The molecule has 6 aliphatic rings. The average molecular weight is 602 g/mol. The first-order chi connectivity index (χ1) is 21.1. The van der Waals surface area contributed by atoms with Crippen LogP contribution in [0.3, 0.4) is 0 Å². The second-order valence-corrected chi connectivity index (χ2v) is 12.2. The summed E-state index contributed by atoms with van der Waals surface area (Å²) in [6.07, 6.45) is 1.99. The second-order valence-electron chi connectivity index (χ2n) is 12.2. The molecule has 4 atom stereocenters. The standard InChI is InChI=1S/C29H31N9O6/c30-24-34-22-18(11-37-20(39)13-36(26(37)41)15-5-2-1-3-6-15)32-25(31)38-12-19(29(42,43)28(22,38)35-24)33-23(40)16-7-4-8-17-21(16)44-14-27(17)9-10-27/h1-8,18-19,22,42-43H,9-14H2,(H2,31,32)(H,33,40)(H3,30,34,35)/t18-,19?,22-,28?/m0/s1. The number of ether oxygens (including phenoxy) is 1. The molecule has 44 heavy (non-hydrogen) atoms. The van der Waals surface area contributed by atoms with Crippen LogP contribution in [0.2, 0.25) is 0 Å². The first kappa shape index (κ1) is 26.7. The summed E-state index contributed by atoms with van der Waals surface area (Å²) in [4.78, 5) is 52.7. The molecular weight excluding hydrogens is 570 g/mol. The quantitative estimate of drug-likeness (QED) is 0.170. The average Bonchev–Trinajstić information content (AvgIpc) is 3.34. The summed E-state index contributed by atoms with van der Waals surface area (Å²) >= 11 is 0. The molecule has 15 nitrogen and oxygen atoms in total. The van der Waals surface area contributed by atoms with Gasteiger partial charge >= 0.3 is 6.03 Å². The monoisotopic (exact) mass is 601 g/mol. The second kappa shape index (κ2) is 8.83. The minimum Gasteiger partial charge on any atom is -0.492 e. The molecule has 2 aromatic carbocycles. The Morgan fingerprint density at radius 3 is 2.61 bits per heavy atom. The first-order valence-corrected chi connectivity index (χ1v) is 14.5. The fraction of sp³-hybridized carbons (Fsp3) is 0.414. The smallest absolute Gasteiger partial charge is 0.331 e. The van der Waals surface area contributed by atoms with Gasteiger partial charge in [-0.2, -0.15) is 0 Å². The largest absolute Gasteiger partial charge is 0.492 e. The van der Waals surface area contributed by atoms with Gasteiger partial charge in [-0.15, -0.1) is 0 Å². The van der Waals surface area contributed by atoms with Gasteiger partial charge in [0, 0.05) is 23.2 Å². The highest BCUT2D eigenvalue weighted by Gasteiger charge is 2.73. The van der Waals surface area contributed by atoms with Crippen molar-refractivity contribution < 1.29 is 29.3 Å². The molecule has 4 amide bonds. The van der Waals surface area contributed by atoms with Crippen LogP contribution in [0.5, 0.6) is 5.75 Å². The SMILES string of the molecule is NC1=N[C@H]2[C@H](CN3C(=O)CN(c4ccccc4)C3=O)N=C(N)N3CC(NC(=O)c4cccc5c4OCC54CC4)C(O)(O)C23N1. The highest BCUT2D eigenvalue weighted by molar-refractivity contribution is 6.12. The lowest BCUT2D eigenvalue weighted by Crippen LogP contribution is -2.78. The molecule has 1 saturated carbocycles. The van der Waals surface area contributed by atoms with Crippen LogP contribution in [0, 0.1) is 0 Å². The predicted octanol–water partition coefficient (Wildman–Crippen LogP) is -1.65. The summed E-state index contributed by atoms with van der Waals surface area (Å²) in [6.45, 7) is -0.0237. The number of rotatable bonds is 5. The Bertz CT molecular complexity index is 1670. The van der Waals surface area contributed by atoms with Crippen LogP contribution in [-0.2, 0) is 10.2 Å². The molecule has 3 fully saturated rings. The number of aliphatic hydroxyl groups is 2. The summed E-state index contributed by atoms with van der Waals surface area (Å²) in [7, 11) is 0. The van der Waals surface area contributed by atoms with E-state index >= 15 is 0 Å². The van der Waals surface area contributed by atoms with Gasteiger partial charge in [-0.1, -0.05) is 30.3 Å².